The van der Waals surface area contributed by atoms with E-state index in [2.05, 4.69) is 27.4 Å². The van der Waals surface area contributed by atoms with Gasteiger partial charge >= 0.3 is 0 Å². The van der Waals surface area contributed by atoms with Crippen LogP contribution in [-0.2, 0) is 0 Å². The van der Waals surface area contributed by atoms with Crippen molar-refractivity contribution in [3.63, 3.8) is 0 Å². The zero-order valence-corrected chi connectivity index (χ0v) is 13.0. The number of carbonyl (C=O) groups excluding carboxylic acids is 1. The molecular formula is C16H24N4O2. The van der Waals surface area contributed by atoms with Gasteiger partial charge < -0.3 is 20.6 Å². The van der Waals surface area contributed by atoms with Crippen LogP contribution in [0.4, 0.5) is 0 Å². The molecule has 0 saturated carbocycles. The maximum atomic E-state index is 11.9. The van der Waals surface area contributed by atoms with Crippen molar-refractivity contribution in [2.75, 3.05) is 32.7 Å². The third-order valence-corrected chi connectivity index (χ3v) is 3.53. The smallest absolute Gasteiger partial charge is 0.251 e. The van der Waals surface area contributed by atoms with Crippen LogP contribution in [0.2, 0.25) is 0 Å². The van der Waals surface area contributed by atoms with Crippen molar-refractivity contribution in [3.05, 3.63) is 29.8 Å². The van der Waals surface area contributed by atoms with Gasteiger partial charge in [-0.15, -0.1) is 0 Å². The van der Waals surface area contributed by atoms with Gasteiger partial charge in [0.1, 0.15) is 5.75 Å². The third-order valence-electron chi connectivity index (χ3n) is 3.53. The molecule has 1 amide bonds. The molecule has 1 aromatic rings. The number of aromatic hydroxyl groups is 1. The number of hydrogen-bond acceptors (Lipinski definition) is 3. The van der Waals surface area contributed by atoms with Gasteiger partial charge in [-0.1, -0.05) is 0 Å². The summed E-state index contributed by atoms with van der Waals surface area (Å²) in [5, 5.41) is 15.3. The molecule has 120 valence electrons. The molecule has 1 aliphatic heterocycles. The predicted molar refractivity (Wildman–Crippen MR) is 87.2 cm³/mol. The first kappa shape index (κ1) is 16.1. The first-order valence-electron chi connectivity index (χ1n) is 7.81. The minimum Gasteiger partial charge on any atom is -0.508 e. The standard InChI is InChI=1S/C16H24N4O2/c1-2-17-16(20-11-3-4-12-20)19-10-9-18-15(22)13-5-7-14(21)8-6-13/h5-8,21H,2-4,9-12H2,1H3,(H,17,19)(H,18,22). The molecule has 2 rings (SSSR count). The van der Waals surface area contributed by atoms with E-state index < -0.39 is 0 Å². The monoisotopic (exact) mass is 304 g/mol. The quantitative estimate of drug-likeness (QED) is 0.434. The van der Waals surface area contributed by atoms with E-state index in [9.17, 15) is 9.90 Å². The Morgan fingerprint density at radius 2 is 1.91 bits per heavy atom. The topological polar surface area (TPSA) is 77.0 Å². The minimum atomic E-state index is -0.152. The van der Waals surface area contributed by atoms with Gasteiger partial charge in [0.2, 0.25) is 0 Å². The number of rotatable bonds is 5. The fourth-order valence-corrected chi connectivity index (χ4v) is 2.40. The average Bonchev–Trinajstić information content (AvgIpc) is 3.05. The molecule has 1 saturated heterocycles. The highest BCUT2D eigenvalue weighted by Crippen LogP contribution is 2.09. The Morgan fingerprint density at radius 3 is 2.55 bits per heavy atom. The molecule has 0 atom stereocenters. The van der Waals surface area contributed by atoms with E-state index in [0.29, 0.717) is 18.7 Å². The number of benzene rings is 1. The molecular weight excluding hydrogens is 280 g/mol. The van der Waals surface area contributed by atoms with Crippen LogP contribution < -0.4 is 10.6 Å². The maximum Gasteiger partial charge on any atom is 0.251 e. The summed E-state index contributed by atoms with van der Waals surface area (Å²) in [6, 6.07) is 6.21. The van der Waals surface area contributed by atoms with E-state index in [-0.39, 0.29) is 11.7 Å². The number of carbonyl (C=O) groups is 1. The van der Waals surface area contributed by atoms with Crippen LogP contribution in [0.5, 0.6) is 5.75 Å². The van der Waals surface area contributed by atoms with Gasteiger partial charge in [0, 0.05) is 31.7 Å². The summed E-state index contributed by atoms with van der Waals surface area (Å²) in [6.07, 6.45) is 2.42. The molecule has 0 aromatic heterocycles. The number of nitrogens with one attached hydrogen (secondary N) is 2. The molecule has 6 heteroatoms. The normalized spacial score (nSPS) is 15.0. The van der Waals surface area contributed by atoms with Crippen LogP contribution in [0.15, 0.2) is 29.3 Å². The SMILES string of the molecule is CCNC(=NCCNC(=O)c1ccc(O)cc1)N1CCCC1. The van der Waals surface area contributed by atoms with Gasteiger partial charge in [-0.05, 0) is 44.0 Å². The Kier molecular flexibility index (Phi) is 6.06. The fraction of sp³-hybridized carbons (Fsp3) is 0.500. The molecule has 1 aliphatic rings. The molecule has 6 nitrogen and oxygen atoms in total. The number of amides is 1. The number of guanidine groups is 1. The number of phenolic OH excluding ortho intramolecular Hbond substituents is 1. The van der Waals surface area contributed by atoms with Crippen LogP contribution in [0.25, 0.3) is 0 Å². The molecule has 0 bridgehead atoms. The summed E-state index contributed by atoms with van der Waals surface area (Å²) >= 11 is 0. The lowest BCUT2D eigenvalue weighted by Gasteiger charge is -2.20. The van der Waals surface area contributed by atoms with E-state index in [4.69, 9.17) is 0 Å². The maximum absolute atomic E-state index is 11.9. The van der Waals surface area contributed by atoms with Crippen molar-refractivity contribution in [3.8, 4) is 5.75 Å². The Labute approximate surface area is 131 Å². The van der Waals surface area contributed by atoms with Crippen molar-refractivity contribution in [2.24, 2.45) is 4.99 Å². The summed E-state index contributed by atoms with van der Waals surface area (Å²) in [5.41, 5.74) is 0.535. The predicted octanol–water partition coefficient (Wildman–Crippen LogP) is 1.18. The van der Waals surface area contributed by atoms with Gasteiger partial charge in [-0.2, -0.15) is 0 Å². The number of nitrogens with zero attached hydrogens (tertiary/aromatic N) is 2. The van der Waals surface area contributed by atoms with E-state index in [0.717, 1.165) is 25.6 Å². The van der Waals surface area contributed by atoms with Crippen LogP contribution in [0.1, 0.15) is 30.1 Å². The average molecular weight is 304 g/mol. The second-order valence-corrected chi connectivity index (χ2v) is 5.23. The Morgan fingerprint density at radius 1 is 1.23 bits per heavy atom. The minimum absolute atomic E-state index is 0.152. The van der Waals surface area contributed by atoms with E-state index in [1.54, 1.807) is 12.1 Å². The highest BCUT2D eigenvalue weighted by molar-refractivity contribution is 5.94. The van der Waals surface area contributed by atoms with Gasteiger partial charge in [-0.25, -0.2) is 0 Å². The zero-order valence-electron chi connectivity index (χ0n) is 13.0. The van der Waals surface area contributed by atoms with Crippen molar-refractivity contribution in [2.45, 2.75) is 19.8 Å². The molecule has 3 N–H and O–H groups in total. The van der Waals surface area contributed by atoms with Gasteiger partial charge in [-0.3, -0.25) is 9.79 Å². The van der Waals surface area contributed by atoms with E-state index in [1.807, 2.05) is 0 Å². The Bertz CT molecular complexity index is 507. The lowest BCUT2D eigenvalue weighted by Crippen LogP contribution is -2.40. The number of phenols is 1. The van der Waals surface area contributed by atoms with Crippen molar-refractivity contribution in [1.29, 1.82) is 0 Å². The molecule has 0 unspecified atom stereocenters. The van der Waals surface area contributed by atoms with E-state index in [1.165, 1.54) is 25.0 Å². The highest BCUT2D eigenvalue weighted by Gasteiger charge is 2.15. The van der Waals surface area contributed by atoms with Crippen molar-refractivity contribution >= 4 is 11.9 Å². The first-order valence-corrected chi connectivity index (χ1v) is 7.81. The summed E-state index contributed by atoms with van der Waals surface area (Å²) < 4.78 is 0. The largest absolute Gasteiger partial charge is 0.508 e. The van der Waals surface area contributed by atoms with Crippen LogP contribution in [0.3, 0.4) is 0 Å². The Balaban J connectivity index is 1.79. The van der Waals surface area contributed by atoms with Gasteiger partial charge in [0.25, 0.3) is 5.91 Å². The van der Waals surface area contributed by atoms with Gasteiger partial charge in [0.05, 0.1) is 6.54 Å². The van der Waals surface area contributed by atoms with Crippen molar-refractivity contribution in [1.82, 2.24) is 15.5 Å². The van der Waals surface area contributed by atoms with Crippen molar-refractivity contribution < 1.29 is 9.90 Å². The molecule has 1 heterocycles. The highest BCUT2D eigenvalue weighted by atomic mass is 16.3. The van der Waals surface area contributed by atoms with Gasteiger partial charge in [0.15, 0.2) is 5.96 Å². The molecule has 22 heavy (non-hydrogen) atoms. The second-order valence-electron chi connectivity index (χ2n) is 5.23. The number of likely N-dealkylation sites (tertiary alicyclic amines) is 1. The fourth-order valence-electron chi connectivity index (χ4n) is 2.40. The third kappa shape index (κ3) is 4.65. The summed E-state index contributed by atoms with van der Waals surface area (Å²) in [7, 11) is 0. The molecule has 1 aromatic carbocycles. The molecule has 0 aliphatic carbocycles. The zero-order chi connectivity index (χ0) is 15.8. The molecule has 1 fully saturated rings. The first-order chi connectivity index (χ1) is 10.7. The van der Waals surface area contributed by atoms with Crippen LogP contribution in [0, 0.1) is 0 Å². The number of hydrogen-bond donors (Lipinski definition) is 3. The van der Waals surface area contributed by atoms with E-state index >= 15 is 0 Å². The van der Waals surface area contributed by atoms with Crippen LogP contribution >= 0.6 is 0 Å². The van der Waals surface area contributed by atoms with Crippen LogP contribution in [-0.4, -0.2) is 54.6 Å². The summed E-state index contributed by atoms with van der Waals surface area (Å²) in [6.45, 7) is 6.02. The molecule has 0 spiro atoms. The number of aliphatic imine (C=N–C) groups is 1. The summed E-state index contributed by atoms with van der Waals surface area (Å²) in [4.78, 5) is 18.7. The molecule has 0 radical (unpaired) electrons. The lowest BCUT2D eigenvalue weighted by molar-refractivity contribution is 0.0955. The Hall–Kier alpha value is -2.24. The lowest BCUT2D eigenvalue weighted by atomic mass is 10.2. The second kappa shape index (κ2) is 8.26. The summed E-state index contributed by atoms with van der Waals surface area (Å²) in [5.74, 6) is 0.933.